The van der Waals surface area contributed by atoms with Gasteiger partial charge in [-0.2, -0.15) is 5.90 Å². The van der Waals surface area contributed by atoms with E-state index in [4.69, 9.17) is 5.90 Å². The van der Waals surface area contributed by atoms with E-state index in [0.717, 1.165) is 5.57 Å². The van der Waals surface area contributed by atoms with Crippen molar-refractivity contribution in [2.45, 2.75) is 13.8 Å². The fraction of sp³-hybridized carbons (Fsp3) is 0.400. The third-order valence-corrected chi connectivity index (χ3v) is 0.700. The Hall–Kier alpha value is -0.500. The first-order valence-corrected chi connectivity index (χ1v) is 2.04. The lowest BCUT2D eigenvalue weighted by molar-refractivity contribution is 0.229. The molecule has 0 aliphatic heterocycles. The summed E-state index contributed by atoms with van der Waals surface area (Å²) in [5.41, 5.74) is 1.00. The highest BCUT2D eigenvalue weighted by atomic mass is 16.6. The number of rotatable bonds is 1. The average Bonchev–Trinajstić information content (AvgIpc) is 1.65. The van der Waals surface area contributed by atoms with Gasteiger partial charge in [-0.3, -0.25) is 0 Å². The van der Waals surface area contributed by atoms with Crippen molar-refractivity contribution in [3.63, 3.8) is 0 Å². The van der Waals surface area contributed by atoms with E-state index in [1.54, 1.807) is 0 Å². The first-order valence-electron chi connectivity index (χ1n) is 2.04. The van der Waals surface area contributed by atoms with Crippen LogP contribution in [-0.4, -0.2) is 0 Å². The summed E-state index contributed by atoms with van der Waals surface area (Å²) in [6.07, 6.45) is 0. The van der Waals surface area contributed by atoms with Crippen LogP contribution in [0.2, 0.25) is 0 Å². The van der Waals surface area contributed by atoms with Crippen LogP contribution in [0.4, 0.5) is 0 Å². The highest BCUT2D eigenvalue weighted by molar-refractivity contribution is 5.04. The van der Waals surface area contributed by atoms with Crippen LogP contribution in [0.1, 0.15) is 13.8 Å². The molecule has 0 amide bonds. The molecule has 0 spiro atoms. The first kappa shape index (κ1) is 6.50. The van der Waals surface area contributed by atoms with Gasteiger partial charge in [-0.15, -0.1) is 0 Å². The van der Waals surface area contributed by atoms with Gasteiger partial charge in [0.1, 0.15) is 5.76 Å². The molecule has 2 N–H and O–H groups in total. The van der Waals surface area contributed by atoms with Crippen molar-refractivity contribution >= 4 is 0 Å². The molecule has 41 valence electrons. The Morgan fingerprint density at radius 2 is 2.00 bits per heavy atom. The molecule has 0 aliphatic carbocycles. The van der Waals surface area contributed by atoms with Crippen LogP contribution in [0.5, 0.6) is 0 Å². The van der Waals surface area contributed by atoms with Crippen molar-refractivity contribution in [1.82, 2.24) is 0 Å². The lowest BCUT2D eigenvalue weighted by Gasteiger charge is -1.96. The van der Waals surface area contributed by atoms with Crippen LogP contribution in [0.25, 0.3) is 0 Å². The number of hydrogen-bond acceptors (Lipinski definition) is 2. The summed E-state index contributed by atoms with van der Waals surface area (Å²) in [6, 6.07) is 0. The molecule has 2 nitrogen and oxygen atoms in total. The Morgan fingerprint density at radius 1 is 1.57 bits per heavy atom. The minimum absolute atomic E-state index is 0.542. The first-order chi connectivity index (χ1) is 3.18. The molecule has 1 radical (unpaired) electrons. The van der Waals surface area contributed by atoms with Crippen LogP contribution in [0, 0.1) is 6.92 Å². The molecule has 0 aromatic heterocycles. The Bertz CT molecular complexity index is 82.1. The summed E-state index contributed by atoms with van der Waals surface area (Å²) in [7, 11) is 0. The smallest absolute Gasteiger partial charge is 0.123 e. The van der Waals surface area contributed by atoms with Gasteiger partial charge in [0.2, 0.25) is 0 Å². The SMILES string of the molecule is [CH2]C(ON)=C(C)C. The van der Waals surface area contributed by atoms with Gasteiger partial charge in [-0.1, -0.05) is 0 Å². The topological polar surface area (TPSA) is 35.2 Å². The Morgan fingerprint density at radius 3 is 2.00 bits per heavy atom. The molecule has 2 heteroatoms. The van der Waals surface area contributed by atoms with Crippen LogP contribution < -0.4 is 5.90 Å². The minimum atomic E-state index is 0.542. The predicted molar refractivity (Wildman–Crippen MR) is 29.0 cm³/mol. The summed E-state index contributed by atoms with van der Waals surface area (Å²) in [5, 5.41) is 0. The van der Waals surface area contributed by atoms with E-state index in [1.807, 2.05) is 13.8 Å². The van der Waals surface area contributed by atoms with Crippen molar-refractivity contribution in [2.24, 2.45) is 5.90 Å². The van der Waals surface area contributed by atoms with E-state index < -0.39 is 0 Å². The maximum Gasteiger partial charge on any atom is 0.123 e. The van der Waals surface area contributed by atoms with E-state index in [1.165, 1.54) is 0 Å². The quantitative estimate of drug-likeness (QED) is 0.394. The van der Waals surface area contributed by atoms with Crippen LogP contribution in [0.3, 0.4) is 0 Å². The Kier molecular flexibility index (Phi) is 2.45. The van der Waals surface area contributed by atoms with Gasteiger partial charge in [0, 0.05) is 6.92 Å². The van der Waals surface area contributed by atoms with Gasteiger partial charge in [-0.25, -0.2) is 0 Å². The second kappa shape index (κ2) is 2.64. The summed E-state index contributed by atoms with van der Waals surface area (Å²) >= 11 is 0. The molecule has 0 aliphatic rings. The molecule has 0 unspecified atom stereocenters. The number of allylic oxidation sites excluding steroid dienone is 2. The largest absolute Gasteiger partial charge is 0.416 e. The maximum absolute atomic E-state index is 4.75. The zero-order valence-corrected chi connectivity index (χ0v) is 4.69. The molecule has 0 bridgehead atoms. The second-order valence-electron chi connectivity index (χ2n) is 1.54. The third kappa shape index (κ3) is 2.23. The fourth-order valence-electron chi connectivity index (χ4n) is 0.118. The highest BCUT2D eigenvalue weighted by Gasteiger charge is 1.85. The zero-order chi connectivity index (χ0) is 5.86. The molecule has 0 saturated carbocycles. The monoisotopic (exact) mass is 100 g/mol. The fourth-order valence-corrected chi connectivity index (χ4v) is 0.118. The molecule has 0 heterocycles. The lowest BCUT2D eigenvalue weighted by Crippen LogP contribution is -1.96. The maximum atomic E-state index is 4.75. The standard InChI is InChI=1S/C5H10NO/c1-4(2)5(3)7-6/h3,6H2,1-2H3. The van der Waals surface area contributed by atoms with Gasteiger partial charge in [0.15, 0.2) is 0 Å². The van der Waals surface area contributed by atoms with Gasteiger partial charge in [-0.05, 0) is 19.4 Å². The van der Waals surface area contributed by atoms with Crippen molar-refractivity contribution < 1.29 is 4.84 Å². The Balaban J connectivity index is 3.72. The van der Waals surface area contributed by atoms with E-state index in [0.29, 0.717) is 5.76 Å². The van der Waals surface area contributed by atoms with Gasteiger partial charge in [0.05, 0.1) is 0 Å². The second-order valence-corrected chi connectivity index (χ2v) is 1.54. The van der Waals surface area contributed by atoms with E-state index in [9.17, 15) is 0 Å². The minimum Gasteiger partial charge on any atom is -0.416 e. The summed E-state index contributed by atoms with van der Waals surface area (Å²) in [5.74, 6) is 5.29. The van der Waals surface area contributed by atoms with Crippen molar-refractivity contribution in [1.29, 1.82) is 0 Å². The molecular formula is C5H10NO. The number of hydrogen-bond donors (Lipinski definition) is 1. The van der Waals surface area contributed by atoms with Crippen molar-refractivity contribution in [3.05, 3.63) is 18.3 Å². The third-order valence-electron chi connectivity index (χ3n) is 0.700. The van der Waals surface area contributed by atoms with Crippen LogP contribution >= 0.6 is 0 Å². The summed E-state index contributed by atoms with van der Waals surface area (Å²) in [6.45, 7) is 7.26. The summed E-state index contributed by atoms with van der Waals surface area (Å²) in [4.78, 5) is 4.28. The molecular weight excluding hydrogens is 90.1 g/mol. The molecule has 0 atom stereocenters. The van der Waals surface area contributed by atoms with Gasteiger partial charge >= 0.3 is 0 Å². The zero-order valence-electron chi connectivity index (χ0n) is 4.69. The van der Waals surface area contributed by atoms with Gasteiger partial charge < -0.3 is 4.84 Å². The average molecular weight is 100 g/mol. The normalized spacial score (nSPS) is 8.00. The molecule has 0 saturated heterocycles. The molecule has 0 aromatic rings. The predicted octanol–water partition coefficient (Wildman–Crippen LogP) is 1.00. The molecule has 0 aromatic carbocycles. The number of nitrogens with two attached hydrogens (primary N) is 1. The molecule has 0 fully saturated rings. The summed E-state index contributed by atoms with van der Waals surface area (Å²) < 4.78 is 0. The van der Waals surface area contributed by atoms with Crippen LogP contribution in [0.15, 0.2) is 11.3 Å². The van der Waals surface area contributed by atoms with E-state index in [2.05, 4.69) is 11.8 Å². The van der Waals surface area contributed by atoms with Crippen LogP contribution in [-0.2, 0) is 4.84 Å². The van der Waals surface area contributed by atoms with Gasteiger partial charge in [0.25, 0.3) is 0 Å². The molecule has 7 heavy (non-hydrogen) atoms. The van der Waals surface area contributed by atoms with Crippen molar-refractivity contribution in [2.75, 3.05) is 0 Å². The Labute approximate surface area is 43.9 Å². The highest BCUT2D eigenvalue weighted by Crippen LogP contribution is 1.97. The van der Waals surface area contributed by atoms with Crippen molar-refractivity contribution in [3.8, 4) is 0 Å². The van der Waals surface area contributed by atoms with E-state index in [-0.39, 0.29) is 0 Å². The lowest BCUT2D eigenvalue weighted by atomic mass is 10.3. The molecule has 0 rings (SSSR count). The van der Waals surface area contributed by atoms with E-state index >= 15 is 0 Å².